The Bertz CT molecular complexity index is 777. The van der Waals surface area contributed by atoms with Crippen LogP contribution < -0.4 is 20.1 Å². The molecule has 0 radical (unpaired) electrons. The summed E-state index contributed by atoms with van der Waals surface area (Å²) in [5.41, 5.74) is 2.01. The van der Waals surface area contributed by atoms with Crippen molar-refractivity contribution in [1.82, 2.24) is 15.2 Å². The number of aromatic nitrogens is 1. The molecule has 144 valence electrons. The number of fused-ring (bicyclic) bond motifs is 1. The molecule has 7 heteroatoms. The zero-order valence-corrected chi connectivity index (χ0v) is 16.0. The fraction of sp³-hybridized carbons (Fsp3) is 0.400. The van der Waals surface area contributed by atoms with E-state index in [0.29, 0.717) is 18.0 Å². The van der Waals surface area contributed by atoms with E-state index in [9.17, 15) is 4.79 Å². The van der Waals surface area contributed by atoms with Crippen LogP contribution in [0.15, 0.2) is 36.5 Å². The molecule has 7 nitrogen and oxygen atoms in total. The molecule has 1 aromatic carbocycles. The molecule has 0 fully saturated rings. The number of benzene rings is 1. The third kappa shape index (κ3) is 4.89. The molecule has 0 aliphatic carbocycles. The molecule has 1 aromatic heterocycles. The Morgan fingerprint density at radius 1 is 1.19 bits per heavy atom. The maximum Gasteiger partial charge on any atom is 0.241 e. The lowest BCUT2D eigenvalue weighted by atomic mass is 10.0. The number of carbonyl (C=O) groups excluding carboxylic acids is 1. The third-order valence-electron chi connectivity index (χ3n) is 4.35. The lowest BCUT2D eigenvalue weighted by Crippen LogP contribution is -2.37. The number of likely N-dealkylation sites (N-methyl/N-ethyl adjacent to an activating group) is 1. The van der Waals surface area contributed by atoms with Crippen LogP contribution in [0, 0.1) is 6.92 Å². The highest BCUT2D eigenvalue weighted by atomic mass is 16.7. The molecule has 1 atom stereocenters. The molecule has 2 heterocycles. The van der Waals surface area contributed by atoms with Crippen LogP contribution in [0.3, 0.4) is 0 Å². The first-order valence-electron chi connectivity index (χ1n) is 9.05. The molecular formula is C20H26N4O3. The molecule has 0 spiro atoms. The number of nitrogens with one attached hydrogen (secondary N) is 2. The Balaban J connectivity index is 1.49. The van der Waals surface area contributed by atoms with E-state index in [1.54, 1.807) is 0 Å². The monoisotopic (exact) mass is 370 g/mol. The maximum atomic E-state index is 12.7. The number of rotatable bonds is 8. The highest BCUT2D eigenvalue weighted by Gasteiger charge is 2.25. The van der Waals surface area contributed by atoms with Crippen molar-refractivity contribution < 1.29 is 14.3 Å². The van der Waals surface area contributed by atoms with Crippen molar-refractivity contribution in [3.63, 3.8) is 0 Å². The number of anilines is 1. The standard InChI is InChI=1S/C20H26N4O3/c1-14-5-8-18(23-12-14)21-9-4-10-22-20(25)19(24(2)3)15-6-7-16-17(11-15)27-13-26-16/h5-8,11-12,19H,4,9-10,13H2,1-3H3,(H,21,23)(H,22,25)/t19-/m1/s1. The Labute approximate surface area is 159 Å². The summed E-state index contributed by atoms with van der Waals surface area (Å²) < 4.78 is 10.8. The van der Waals surface area contributed by atoms with Crippen LogP contribution >= 0.6 is 0 Å². The molecule has 1 aliphatic heterocycles. The lowest BCUT2D eigenvalue weighted by molar-refractivity contribution is -0.125. The zero-order chi connectivity index (χ0) is 19.2. The molecule has 0 saturated carbocycles. The SMILES string of the molecule is Cc1ccc(NCCCNC(=O)[C@@H](c2ccc3c(c2)OCO3)N(C)C)nc1. The van der Waals surface area contributed by atoms with Gasteiger partial charge >= 0.3 is 0 Å². The largest absolute Gasteiger partial charge is 0.454 e. The minimum atomic E-state index is -0.383. The van der Waals surface area contributed by atoms with Crippen LogP contribution in [0.2, 0.25) is 0 Å². The molecular weight excluding hydrogens is 344 g/mol. The number of hydrogen-bond donors (Lipinski definition) is 2. The van der Waals surface area contributed by atoms with Crippen molar-refractivity contribution in [3.8, 4) is 11.5 Å². The summed E-state index contributed by atoms with van der Waals surface area (Å²) in [5, 5.41) is 6.27. The Kier molecular flexibility index (Phi) is 6.13. The normalized spacial score (nSPS) is 13.5. The van der Waals surface area contributed by atoms with Gasteiger partial charge in [-0.15, -0.1) is 0 Å². The first-order valence-corrected chi connectivity index (χ1v) is 9.05. The van der Waals surface area contributed by atoms with Crippen LogP contribution in [0.25, 0.3) is 0 Å². The van der Waals surface area contributed by atoms with Crippen LogP contribution in [-0.4, -0.2) is 49.8 Å². The smallest absolute Gasteiger partial charge is 0.241 e. The van der Waals surface area contributed by atoms with Gasteiger partial charge in [0.1, 0.15) is 11.9 Å². The van der Waals surface area contributed by atoms with Crippen LogP contribution in [0.1, 0.15) is 23.6 Å². The van der Waals surface area contributed by atoms with Gasteiger partial charge in [-0.05, 0) is 56.8 Å². The first-order chi connectivity index (χ1) is 13.0. The number of hydrogen-bond acceptors (Lipinski definition) is 6. The van der Waals surface area contributed by atoms with E-state index in [1.165, 1.54) is 0 Å². The molecule has 1 amide bonds. The Morgan fingerprint density at radius 3 is 2.74 bits per heavy atom. The number of nitrogens with zero attached hydrogens (tertiary/aromatic N) is 2. The van der Waals surface area contributed by atoms with Gasteiger partial charge in [-0.25, -0.2) is 4.98 Å². The van der Waals surface area contributed by atoms with Gasteiger partial charge in [0, 0.05) is 19.3 Å². The summed E-state index contributed by atoms with van der Waals surface area (Å²) in [4.78, 5) is 18.9. The fourth-order valence-electron chi connectivity index (χ4n) is 2.95. The maximum absolute atomic E-state index is 12.7. The van der Waals surface area contributed by atoms with E-state index in [0.717, 1.165) is 29.9 Å². The minimum Gasteiger partial charge on any atom is -0.454 e. The van der Waals surface area contributed by atoms with Gasteiger partial charge in [-0.2, -0.15) is 0 Å². The summed E-state index contributed by atoms with van der Waals surface area (Å²) in [5.74, 6) is 2.21. The summed E-state index contributed by atoms with van der Waals surface area (Å²) >= 11 is 0. The number of aryl methyl sites for hydroxylation is 1. The average Bonchev–Trinajstić information content (AvgIpc) is 3.10. The second-order valence-electron chi connectivity index (χ2n) is 6.77. The second-order valence-corrected chi connectivity index (χ2v) is 6.77. The minimum absolute atomic E-state index is 0.0349. The van der Waals surface area contributed by atoms with Gasteiger partial charge in [0.15, 0.2) is 11.5 Å². The van der Waals surface area contributed by atoms with E-state index >= 15 is 0 Å². The van der Waals surface area contributed by atoms with E-state index in [4.69, 9.17) is 9.47 Å². The predicted octanol–water partition coefficient (Wildman–Crippen LogP) is 2.34. The topological polar surface area (TPSA) is 75.7 Å². The molecule has 0 saturated heterocycles. The van der Waals surface area contributed by atoms with E-state index < -0.39 is 0 Å². The van der Waals surface area contributed by atoms with Crippen LogP contribution in [0.4, 0.5) is 5.82 Å². The van der Waals surface area contributed by atoms with E-state index in [1.807, 2.05) is 62.4 Å². The van der Waals surface area contributed by atoms with Gasteiger partial charge in [0.05, 0.1) is 0 Å². The van der Waals surface area contributed by atoms with Crippen molar-refractivity contribution in [2.45, 2.75) is 19.4 Å². The number of amides is 1. The number of pyridine rings is 1. The highest BCUT2D eigenvalue weighted by molar-refractivity contribution is 5.83. The molecule has 0 bridgehead atoms. The first kappa shape index (κ1) is 19.0. The van der Waals surface area contributed by atoms with E-state index in [-0.39, 0.29) is 18.7 Å². The summed E-state index contributed by atoms with van der Waals surface area (Å²) in [6, 6.07) is 9.21. The van der Waals surface area contributed by atoms with Gasteiger partial charge < -0.3 is 20.1 Å². The van der Waals surface area contributed by atoms with Crippen molar-refractivity contribution in [2.75, 3.05) is 39.3 Å². The molecule has 0 unspecified atom stereocenters. The summed E-state index contributed by atoms with van der Waals surface area (Å²) in [6.45, 7) is 3.56. The van der Waals surface area contributed by atoms with Gasteiger partial charge in [0.2, 0.25) is 12.7 Å². The van der Waals surface area contributed by atoms with Crippen molar-refractivity contribution >= 4 is 11.7 Å². The number of carbonyl (C=O) groups is 1. The lowest BCUT2D eigenvalue weighted by Gasteiger charge is -2.24. The quantitative estimate of drug-likeness (QED) is 0.695. The third-order valence-corrected chi connectivity index (χ3v) is 4.35. The van der Waals surface area contributed by atoms with Crippen LogP contribution in [-0.2, 0) is 4.79 Å². The fourth-order valence-corrected chi connectivity index (χ4v) is 2.95. The molecule has 1 aliphatic rings. The highest BCUT2D eigenvalue weighted by Crippen LogP contribution is 2.35. The summed E-state index contributed by atoms with van der Waals surface area (Å²) in [7, 11) is 3.78. The molecule has 3 rings (SSSR count). The average molecular weight is 370 g/mol. The van der Waals surface area contributed by atoms with Gasteiger partial charge in [0.25, 0.3) is 0 Å². The molecule has 27 heavy (non-hydrogen) atoms. The van der Waals surface area contributed by atoms with Crippen molar-refractivity contribution in [3.05, 3.63) is 47.7 Å². The van der Waals surface area contributed by atoms with Gasteiger partial charge in [-0.3, -0.25) is 9.69 Å². The number of ether oxygens (including phenoxy) is 2. The van der Waals surface area contributed by atoms with E-state index in [2.05, 4.69) is 15.6 Å². The van der Waals surface area contributed by atoms with Crippen molar-refractivity contribution in [1.29, 1.82) is 0 Å². The predicted molar refractivity (Wildman–Crippen MR) is 104 cm³/mol. The van der Waals surface area contributed by atoms with Crippen LogP contribution in [0.5, 0.6) is 11.5 Å². The molecule has 2 aromatic rings. The Morgan fingerprint density at radius 2 is 2.00 bits per heavy atom. The second kappa shape index (κ2) is 8.73. The summed E-state index contributed by atoms with van der Waals surface area (Å²) in [6.07, 6.45) is 2.64. The molecule has 2 N–H and O–H groups in total. The Hall–Kier alpha value is -2.80. The zero-order valence-electron chi connectivity index (χ0n) is 16.0. The van der Waals surface area contributed by atoms with Crippen molar-refractivity contribution in [2.24, 2.45) is 0 Å². The van der Waals surface area contributed by atoms with Gasteiger partial charge in [-0.1, -0.05) is 12.1 Å².